The minimum atomic E-state index is -0.749. The summed E-state index contributed by atoms with van der Waals surface area (Å²) < 4.78 is 11.0. The Morgan fingerprint density at radius 3 is 3.06 bits per heavy atom. The van der Waals surface area contributed by atoms with Crippen molar-refractivity contribution in [3.05, 3.63) is 18.2 Å². The minimum absolute atomic E-state index is 0.229. The molecule has 5 nitrogen and oxygen atoms in total. The molecular weight excluding hydrogens is 248 g/mol. The predicted molar refractivity (Wildman–Crippen MR) is 77.1 cm³/mol. The van der Waals surface area contributed by atoms with Crippen LogP contribution in [0.2, 0.25) is 0 Å². The van der Waals surface area contributed by atoms with Crippen LogP contribution in [0.25, 0.3) is 11.0 Å². The van der Waals surface area contributed by atoms with Gasteiger partial charge in [-0.1, -0.05) is 0 Å². The zero-order valence-corrected chi connectivity index (χ0v) is 11.4. The van der Waals surface area contributed by atoms with E-state index in [4.69, 9.17) is 5.73 Å². The molecule has 6 heteroatoms. The van der Waals surface area contributed by atoms with E-state index in [0.29, 0.717) is 11.4 Å². The molecule has 0 amide bonds. The number of aromatic amines is 1. The van der Waals surface area contributed by atoms with Crippen LogP contribution in [0.1, 0.15) is 13.3 Å². The molecule has 0 saturated carbocycles. The normalized spacial score (nSPS) is 14.6. The molecule has 0 aliphatic carbocycles. The number of hydrogen-bond acceptors (Lipinski definition) is 4. The number of H-pyrrole nitrogens is 1. The highest BCUT2D eigenvalue weighted by Crippen LogP contribution is 2.17. The molecule has 0 saturated heterocycles. The van der Waals surface area contributed by atoms with Gasteiger partial charge in [-0.2, -0.15) is 0 Å². The van der Waals surface area contributed by atoms with E-state index in [9.17, 15) is 4.21 Å². The molecule has 2 unspecified atom stereocenters. The molecule has 2 aromatic rings. The number of fused-ring (bicyclic) bond motifs is 1. The topological polar surface area (TPSA) is 83.8 Å². The van der Waals surface area contributed by atoms with Gasteiger partial charge < -0.3 is 16.0 Å². The fourth-order valence-electron chi connectivity index (χ4n) is 1.74. The maximum atomic E-state index is 11.0. The molecule has 1 heterocycles. The maximum absolute atomic E-state index is 11.0. The number of anilines is 2. The Bertz CT molecular complexity index is 566. The summed E-state index contributed by atoms with van der Waals surface area (Å²) in [5, 5.41) is 3.26. The smallest absolute Gasteiger partial charge is 0.201 e. The maximum Gasteiger partial charge on any atom is 0.201 e. The molecule has 0 bridgehead atoms. The highest BCUT2D eigenvalue weighted by molar-refractivity contribution is 7.84. The van der Waals surface area contributed by atoms with Crippen LogP contribution < -0.4 is 11.1 Å². The van der Waals surface area contributed by atoms with Crippen LogP contribution in [0.15, 0.2) is 18.2 Å². The molecule has 1 aromatic carbocycles. The van der Waals surface area contributed by atoms with Gasteiger partial charge >= 0.3 is 0 Å². The second-order valence-corrected chi connectivity index (χ2v) is 6.03. The first-order valence-electron chi connectivity index (χ1n) is 5.86. The third-order valence-corrected chi connectivity index (χ3v) is 3.54. The Morgan fingerprint density at radius 1 is 1.56 bits per heavy atom. The SMILES string of the molecule is CC(CCS(C)=O)Nc1nc2ccc(N)cc2[nH]1. The highest BCUT2D eigenvalue weighted by atomic mass is 32.2. The highest BCUT2D eigenvalue weighted by Gasteiger charge is 2.07. The van der Waals surface area contributed by atoms with E-state index in [-0.39, 0.29) is 6.04 Å². The number of nitrogens with one attached hydrogen (secondary N) is 2. The molecule has 0 radical (unpaired) electrons. The summed E-state index contributed by atoms with van der Waals surface area (Å²) in [5.41, 5.74) is 8.24. The van der Waals surface area contributed by atoms with E-state index in [2.05, 4.69) is 22.2 Å². The zero-order valence-electron chi connectivity index (χ0n) is 10.6. The van der Waals surface area contributed by atoms with Crippen molar-refractivity contribution in [2.24, 2.45) is 0 Å². The number of rotatable bonds is 5. The van der Waals surface area contributed by atoms with Gasteiger partial charge in [0.1, 0.15) is 0 Å². The number of nitrogens with zero attached hydrogens (tertiary/aromatic N) is 1. The van der Waals surface area contributed by atoms with Crippen LogP contribution in [-0.2, 0) is 10.8 Å². The van der Waals surface area contributed by atoms with Gasteiger partial charge in [-0.15, -0.1) is 0 Å². The van der Waals surface area contributed by atoms with E-state index >= 15 is 0 Å². The first-order valence-corrected chi connectivity index (χ1v) is 7.59. The lowest BCUT2D eigenvalue weighted by Crippen LogP contribution is -2.18. The van der Waals surface area contributed by atoms with Crippen LogP contribution in [0.4, 0.5) is 11.6 Å². The predicted octanol–water partition coefficient (Wildman–Crippen LogP) is 1.71. The molecular formula is C12H18N4OS. The van der Waals surface area contributed by atoms with Gasteiger partial charge in [0.25, 0.3) is 0 Å². The number of nitrogens with two attached hydrogens (primary N) is 1. The fraction of sp³-hybridized carbons (Fsp3) is 0.417. The second kappa shape index (κ2) is 5.39. The number of imidazole rings is 1. The Balaban J connectivity index is 2.05. The van der Waals surface area contributed by atoms with Crippen molar-refractivity contribution in [2.45, 2.75) is 19.4 Å². The van der Waals surface area contributed by atoms with E-state index in [0.717, 1.165) is 23.4 Å². The first-order chi connectivity index (χ1) is 8.54. The second-order valence-electron chi connectivity index (χ2n) is 4.47. The van der Waals surface area contributed by atoms with Crippen LogP contribution >= 0.6 is 0 Å². The van der Waals surface area contributed by atoms with Crippen LogP contribution in [0, 0.1) is 0 Å². The van der Waals surface area contributed by atoms with Gasteiger partial charge in [0.05, 0.1) is 11.0 Å². The Morgan fingerprint density at radius 2 is 2.33 bits per heavy atom. The van der Waals surface area contributed by atoms with Gasteiger partial charge in [0, 0.05) is 34.5 Å². The van der Waals surface area contributed by atoms with Crippen LogP contribution in [-0.4, -0.2) is 32.2 Å². The molecule has 18 heavy (non-hydrogen) atoms. The fourth-order valence-corrected chi connectivity index (χ4v) is 2.43. The van der Waals surface area contributed by atoms with Crippen molar-refractivity contribution in [1.82, 2.24) is 9.97 Å². The van der Waals surface area contributed by atoms with Crippen molar-refractivity contribution < 1.29 is 4.21 Å². The van der Waals surface area contributed by atoms with Crippen molar-refractivity contribution in [3.63, 3.8) is 0 Å². The summed E-state index contributed by atoms with van der Waals surface area (Å²) in [7, 11) is -0.749. The molecule has 2 atom stereocenters. The van der Waals surface area contributed by atoms with E-state index in [1.165, 1.54) is 0 Å². The molecule has 4 N–H and O–H groups in total. The van der Waals surface area contributed by atoms with Gasteiger partial charge in [0.2, 0.25) is 5.95 Å². The quantitative estimate of drug-likeness (QED) is 0.719. The molecule has 0 fully saturated rings. The minimum Gasteiger partial charge on any atom is -0.399 e. The van der Waals surface area contributed by atoms with Gasteiger partial charge in [-0.05, 0) is 31.5 Å². The Kier molecular flexibility index (Phi) is 3.86. The summed E-state index contributed by atoms with van der Waals surface area (Å²) in [5.74, 6) is 1.42. The van der Waals surface area contributed by atoms with Crippen molar-refractivity contribution in [3.8, 4) is 0 Å². The van der Waals surface area contributed by atoms with E-state index in [1.54, 1.807) is 6.26 Å². The summed E-state index contributed by atoms with van der Waals surface area (Å²) in [6, 6.07) is 5.81. The molecule has 0 spiro atoms. The van der Waals surface area contributed by atoms with Crippen molar-refractivity contribution in [1.29, 1.82) is 0 Å². The molecule has 0 aliphatic rings. The number of benzene rings is 1. The Hall–Kier alpha value is -1.56. The summed E-state index contributed by atoms with van der Waals surface area (Å²) in [6.45, 7) is 2.05. The van der Waals surface area contributed by atoms with Crippen molar-refractivity contribution in [2.75, 3.05) is 23.1 Å². The largest absolute Gasteiger partial charge is 0.399 e. The first kappa shape index (κ1) is 12.9. The lowest BCUT2D eigenvalue weighted by molar-refractivity contribution is 0.678. The third kappa shape index (κ3) is 3.22. The number of hydrogen-bond donors (Lipinski definition) is 3. The average molecular weight is 266 g/mol. The lowest BCUT2D eigenvalue weighted by atomic mass is 10.3. The van der Waals surface area contributed by atoms with E-state index < -0.39 is 10.8 Å². The zero-order chi connectivity index (χ0) is 13.1. The number of aromatic nitrogens is 2. The summed E-state index contributed by atoms with van der Waals surface area (Å²) in [4.78, 5) is 7.60. The van der Waals surface area contributed by atoms with E-state index in [1.807, 2.05) is 18.2 Å². The van der Waals surface area contributed by atoms with Crippen LogP contribution in [0.5, 0.6) is 0 Å². The molecule has 2 rings (SSSR count). The average Bonchev–Trinajstić information content (AvgIpc) is 2.67. The van der Waals surface area contributed by atoms with Gasteiger partial charge in [0.15, 0.2) is 0 Å². The van der Waals surface area contributed by atoms with Gasteiger partial charge in [-0.3, -0.25) is 4.21 Å². The third-order valence-electron chi connectivity index (χ3n) is 2.73. The Labute approximate surface area is 109 Å². The molecule has 1 aromatic heterocycles. The monoisotopic (exact) mass is 266 g/mol. The van der Waals surface area contributed by atoms with Crippen molar-refractivity contribution >= 4 is 33.5 Å². The van der Waals surface area contributed by atoms with Gasteiger partial charge in [-0.25, -0.2) is 4.98 Å². The van der Waals surface area contributed by atoms with Crippen LogP contribution in [0.3, 0.4) is 0 Å². The standard InChI is InChI=1S/C12H18N4OS/c1-8(5-6-18(2)17)14-12-15-10-4-3-9(13)7-11(10)16-12/h3-4,7-8H,5-6,13H2,1-2H3,(H2,14,15,16). The summed E-state index contributed by atoms with van der Waals surface area (Å²) in [6.07, 6.45) is 2.57. The number of nitrogen functional groups attached to an aromatic ring is 1. The molecule has 98 valence electrons. The lowest BCUT2D eigenvalue weighted by Gasteiger charge is -2.11. The molecule has 0 aliphatic heterocycles. The summed E-state index contributed by atoms with van der Waals surface area (Å²) >= 11 is 0.